The number of sulfonamides is 1. The van der Waals surface area contributed by atoms with E-state index < -0.39 is 10.0 Å². The third-order valence-corrected chi connectivity index (χ3v) is 6.31. The van der Waals surface area contributed by atoms with Crippen molar-refractivity contribution in [2.45, 2.75) is 38.6 Å². The Bertz CT molecular complexity index is 1030. The topological polar surface area (TPSA) is 93.4 Å². The van der Waals surface area contributed by atoms with Crippen LogP contribution in [0.1, 0.15) is 40.6 Å². The minimum Gasteiger partial charge on any atom is -0.295 e. The molecule has 25 heavy (non-hydrogen) atoms. The number of carbonyl (C=O) groups excluding carboxylic acids is 1. The van der Waals surface area contributed by atoms with Gasteiger partial charge in [0.15, 0.2) is 5.78 Å². The van der Waals surface area contributed by atoms with Crippen LogP contribution in [0.25, 0.3) is 4.96 Å². The number of benzene rings is 1. The summed E-state index contributed by atoms with van der Waals surface area (Å²) in [4.78, 5) is 16.6. The number of hydrogen-bond donors (Lipinski definition) is 1. The highest BCUT2D eigenvalue weighted by Gasteiger charge is 2.18. The Labute approximate surface area is 149 Å². The van der Waals surface area contributed by atoms with Gasteiger partial charge in [-0.15, -0.1) is 0 Å². The van der Waals surface area contributed by atoms with E-state index >= 15 is 0 Å². The molecule has 1 aromatic carbocycles. The Kier molecular flexibility index (Phi) is 4.72. The van der Waals surface area contributed by atoms with Crippen molar-refractivity contribution < 1.29 is 13.2 Å². The van der Waals surface area contributed by atoms with Crippen molar-refractivity contribution in [1.82, 2.24) is 19.3 Å². The van der Waals surface area contributed by atoms with Gasteiger partial charge in [-0.3, -0.25) is 4.79 Å². The van der Waals surface area contributed by atoms with Gasteiger partial charge in [0.25, 0.3) is 0 Å². The van der Waals surface area contributed by atoms with Crippen LogP contribution in [-0.4, -0.2) is 28.8 Å². The van der Waals surface area contributed by atoms with E-state index in [1.807, 2.05) is 13.8 Å². The van der Waals surface area contributed by atoms with Crippen LogP contribution in [0.15, 0.2) is 29.2 Å². The van der Waals surface area contributed by atoms with E-state index in [2.05, 4.69) is 14.8 Å². The van der Waals surface area contributed by atoms with Gasteiger partial charge < -0.3 is 0 Å². The number of nitrogens with zero attached hydrogens (tertiary/aromatic N) is 3. The fraction of sp³-hybridized carbons (Fsp3) is 0.312. The highest BCUT2D eigenvalue weighted by Crippen LogP contribution is 2.19. The van der Waals surface area contributed by atoms with E-state index in [9.17, 15) is 13.2 Å². The lowest BCUT2D eigenvalue weighted by atomic mass is 10.2. The van der Waals surface area contributed by atoms with Gasteiger partial charge in [0, 0.05) is 5.56 Å². The molecule has 0 saturated carbocycles. The minimum atomic E-state index is -3.69. The average Bonchev–Trinajstić information content (AvgIpc) is 3.09. The molecule has 0 aliphatic carbocycles. The number of carbonyl (C=O) groups is 1. The fourth-order valence-corrected chi connectivity index (χ4v) is 4.28. The molecule has 0 atom stereocenters. The van der Waals surface area contributed by atoms with Gasteiger partial charge in [-0.1, -0.05) is 30.4 Å². The van der Waals surface area contributed by atoms with Gasteiger partial charge in [-0.05, 0) is 32.4 Å². The van der Waals surface area contributed by atoms with Crippen molar-refractivity contribution in [3.8, 4) is 0 Å². The molecule has 3 rings (SSSR count). The molecule has 0 radical (unpaired) electrons. The van der Waals surface area contributed by atoms with Crippen molar-refractivity contribution in [1.29, 1.82) is 0 Å². The van der Waals surface area contributed by atoms with E-state index in [-0.39, 0.29) is 17.2 Å². The average molecular weight is 378 g/mol. The summed E-state index contributed by atoms with van der Waals surface area (Å²) < 4.78 is 29.2. The van der Waals surface area contributed by atoms with Gasteiger partial charge in [0.1, 0.15) is 5.01 Å². The maximum absolute atomic E-state index is 12.5. The number of aryl methyl sites for hydroxylation is 2. The number of Topliss-reactive ketones (excluding diaryl/α,β-unsaturated/α-hetero) is 1. The first-order valence-corrected chi connectivity index (χ1v) is 10.1. The van der Waals surface area contributed by atoms with Crippen molar-refractivity contribution in [2.24, 2.45) is 0 Å². The van der Waals surface area contributed by atoms with Gasteiger partial charge in [0.2, 0.25) is 15.0 Å². The summed E-state index contributed by atoms with van der Waals surface area (Å²) in [5, 5.41) is 5.41. The molecule has 3 aromatic rings. The molecule has 0 aliphatic rings. The molecule has 7 nitrogen and oxygen atoms in total. The number of rotatable bonds is 6. The van der Waals surface area contributed by atoms with Crippen molar-refractivity contribution in [3.05, 3.63) is 46.2 Å². The Hall–Kier alpha value is -2.10. The first-order valence-electron chi connectivity index (χ1n) is 7.76. The second kappa shape index (κ2) is 6.66. The molecule has 2 aromatic heterocycles. The molecule has 0 unspecified atom stereocenters. The molecular formula is C16H18N4O3S2. The fourth-order valence-electron chi connectivity index (χ4n) is 2.39. The van der Waals surface area contributed by atoms with E-state index in [4.69, 9.17) is 0 Å². The van der Waals surface area contributed by atoms with Gasteiger partial charge in [-0.2, -0.15) is 5.10 Å². The summed E-state index contributed by atoms with van der Waals surface area (Å²) in [6.45, 7) is 5.38. The molecule has 1 N–H and O–H groups in total. The van der Waals surface area contributed by atoms with Crippen LogP contribution in [0.3, 0.4) is 0 Å². The largest absolute Gasteiger partial charge is 0.295 e. The normalized spacial score (nSPS) is 12.0. The van der Waals surface area contributed by atoms with Crippen LogP contribution in [0, 0.1) is 6.92 Å². The molecule has 132 valence electrons. The van der Waals surface area contributed by atoms with Gasteiger partial charge >= 0.3 is 0 Å². The van der Waals surface area contributed by atoms with Gasteiger partial charge in [-0.25, -0.2) is 22.6 Å². The standard InChI is InChI=1S/C16H18N4O3S2/c1-4-15-19-20-14(10(2)18-16(20)24-15)9-17-25(22,23)13-7-5-12(6-8-13)11(3)21/h5-8,17H,4,9H2,1-3H3. The Balaban J connectivity index is 1.83. The Morgan fingerprint density at radius 3 is 2.56 bits per heavy atom. The first-order chi connectivity index (χ1) is 11.8. The smallest absolute Gasteiger partial charge is 0.240 e. The van der Waals surface area contributed by atoms with Crippen molar-refractivity contribution >= 4 is 32.1 Å². The quantitative estimate of drug-likeness (QED) is 0.665. The summed E-state index contributed by atoms with van der Waals surface area (Å²) in [7, 11) is -3.69. The molecular weight excluding hydrogens is 360 g/mol. The molecule has 0 bridgehead atoms. The first kappa shape index (κ1) is 17.7. The van der Waals surface area contributed by atoms with Crippen LogP contribution >= 0.6 is 11.3 Å². The zero-order valence-corrected chi connectivity index (χ0v) is 15.7. The van der Waals surface area contributed by atoms with Crippen molar-refractivity contribution in [2.75, 3.05) is 0 Å². The second-order valence-corrected chi connectivity index (χ2v) is 8.40. The van der Waals surface area contributed by atoms with Crippen molar-refractivity contribution in [3.63, 3.8) is 0 Å². The maximum atomic E-state index is 12.5. The van der Waals surface area contributed by atoms with Crippen LogP contribution in [0.2, 0.25) is 0 Å². The molecule has 0 fully saturated rings. The molecule has 0 amide bonds. The maximum Gasteiger partial charge on any atom is 0.240 e. The summed E-state index contributed by atoms with van der Waals surface area (Å²) in [5.41, 5.74) is 1.94. The predicted octanol–water partition coefficient (Wildman–Crippen LogP) is 2.34. The van der Waals surface area contributed by atoms with Gasteiger partial charge in [0.05, 0.1) is 22.8 Å². The second-order valence-electron chi connectivity index (χ2n) is 5.59. The Morgan fingerprint density at radius 1 is 1.28 bits per heavy atom. The zero-order chi connectivity index (χ0) is 18.2. The third-order valence-electron chi connectivity index (χ3n) is 3.84. The number of ketones is 1. The summed E-state index contributed by atoms with van der Waals surface area (Å²) in [6, 6.07) is 5.87. The predicted molar refractivity (Wildman–Crippen MR) is 95.5 cm³/mol. The number of imidazole rings is 1. The third kappa shape index (κ3) is 3.48. The number of nitrogens with one attached hydrogen (secondary N) is 1. The lowest BCUT2D eigenvalue weighted by Crippen LogP contribution is -2.24. The van der Waals surface area contributed by atoms with E-state index in [0.717, 1.165) is 27.8 Å². The molecule has 2 heterocycles. The molecule has 0 aliphatic heterocycles. The minimum absolute atomic E-state index is 0.0939. The lowest BCUT2D eigenvalue weighted by molar-refractivity contribution is 0.101. The Morgan fingerprint density at radius 2 is 1.96 bits per heavy atom. The van der Waals surface area contributed by atoms with E-state index in [1.165, 1.54) is 42.5 Å². The van der Waals surface area contributed by atoms with Crippen LogP contribution < -0.4 is 4.72 Å². The lowest BCUT2D eigenvalue weighted by Gasteiger charge is -2.07. The van der Waals surface area contributed by atoms with Crippen LogP contribution in [0.5, 0.6) is 0 Å². The monoisotopic (exact) mass is 378 g/mol. The molecule has 0 spiro atoms. The van der Waals surface area contributed by atoms with Crippen LogP contribution in [-0.2, 0) is 23.0 Å². The summed E-state index contributed by atoms with van der Waals surface area (Å²) >= 11 is 1.50. The summed E-state index contributed by atoms with van der Waals surface area (Å²) in [5.74, 6) is -0.107. The number of aromatic nitrogens is 3. The van der Waals surface area contributed by atoms with Crippen LogP contribution in [0.4, 0.5) is 0 Å². The SMILES string of the molecule is CCc1nn2c(CNS(=O)(=O)c3ccc(C(C)=O)cc3)c(C)nc2s1. The number of hydrogen-bond acceptors (Lipinski definition) is 6. The highest BCUT2D eigenvalue weighted by atomic mass is 32.2. The summed E-state index contributed by atoms with van der Waals surface area (Å²) in [6.07, 6.45) is 0.806. The molecule has 0 saturated heterocycles. The zero-order valence-electron chi connectivity index (χ0n) is 14.1. The van der Waals surface area contributed by atoms with E-state index in [0.29, 0.717) is 5.56 Å². The highest BCUT2D eigenvalue weighted by molar-refractivity contribution is 7.89. The molecule has 9 heteroatoms. The number of fused-ring (bicyclic) bond motifs is 1. The van der Waals surface area contributed by atoms with E-state index in [1.54, 1.807) is 4.52 Å².